The number of benzene rings is 1. The lowest BCUT2D eigenvalue weighted by atomic mass is 10.0. The number of aliphatic hydroxyl groups excluding tert-OH is 1. The topological polar surface area (TPSA) is 61.8 Å². The van der Waals surface area contributed by atoms with Crippen molar-refractivity contribution in [3.05, 3.63) is 29.8 Å². The molecule has 1 aliphatic rings. The van der Waals surface area contributed by atoms with E-state index in [9.17, 15) is 4.79 Å². The minimum absolute atomic E-state index is 0.0124. The number of nitrogens with one attached hydrogen (secondary N) is 1. The zero-order chi connectivity index (χ0) is 15.8. The van der Waals surface area contributed by atoms with Gasteiger partial charge < -0.3 is 20.1 Å². The Hall–Kier alpha value is -1.75. The number of unbranched alkanes of at least 4 members (excludes halogenated alkanes) is 1. The van der Waals surface area contributed by atoms with Crippen LogP contribution in [0.5, 0.6) is 5.75 Å². The van der Waals surface area contributed by atoms with Crippen molar-refractivity contribution < 1.29 is 14.6 Å². The van der Waals surface area contributed by atoms with Crippen LogP contribution >= 0.6 is 0 Å². The van der Waals surface area contributed by atoms with E-state index in [0.29, 0.717) is 19.7 Å². The van der Waals surface area contributed by atoms with Crippen LogP contribution in [0.15, 0.2) is 24.3 Å². The fraction of sp³-hybridized carbons (Fsp3) is 0.588. The molecule has 2 rings (SSSR count). The predicted octanol–water partition coefficient (Wildman–Crippen LogP) is 2.70. The minimum atomic E-state index is -0.107. The molecule has 1 aromatic rings. The largest absolute Gasteiger partial charge is 0.493 e. The summed E-state index contributed by atoms with van der Waals surface area (Å²) in [6, 6.07) is 7.73. The van der Waals surface area contributed by atoms with E-state index in [1.807, 2.05) is 24.3 Å². The van der Waals surface area contributed by atoms with Gasteiger partial charge in [0, 0.05) is 18.7 Å². The standard InChI is InChI=1S/C17H26N2O3/c1-2-3-10-19(11-12-20)17(21)18-15-8-6-13-22-16-9-5-4-7-14(15)16/h4-5,7,9,15,20H,2-3,6,8,10-13H2,1H3,(H,18,21). The highest BCUT2D eigenvalue weighted by molar-refractivity contribution is 5.75. The summed E-state index contributed by atoms with van der Waals surface area (Å²) in [4.78, 5) is 14.2. The van der Waals surface area contributed by atoms with Gasteiger partial charge in [0.2, 0.25) is 0 Å². The number of hydrogen-bond donors (Lipinski definition) is 2. The quantitative estimate of drug-likeness (QED) is 0.849. The normalized spacial score (nSPS) is 17.1. The van der Waals surface area contributed by atoms with E-state index in [2.05, 4.69) is 12.2 Å². The molecule has 1 unspecified atom stereocenters. The van der Waals surface area contributed by atoms with E-state index < -0.39 is 0 Å². The van der Waals surface area contributed by atoms with E-state index >= 15 is 0 Å². The SMILES string of the molecule is CCCCN(CCO)C(=O)NC1CCCOc2ccccc21. The van der Waals surface area contributed by atoms with E-state index in [-0.39, 0.29) is 18.7 Å². The Balaban J connectivity index is 2.06. The highest BCUT2D eigenvalue weighted by Crippen LogP contribution is 2.31. The minimum Gasteiger partial charge on any atom is -0.493 e. The van der Waals surface area contributed by atoms with Crippen LogP contribution in [0.4, 0.5) is 4.79 Å². The zero-order valence-electron chi connectivity index (χ0n) is 13.3. The van der Waals surface area contributed by atoms with E-state index in [1.54, 1.807) is 4.90 Å². The fourth-order valence-corrected chi connectivity index (χ4v) is 2.70. The van der Waals surface area contributed by atoms with Crippen LogP contribution in [0.2, 0.25) is 0 Å². The first kappa shape index (κ1) is 16.6. The average molecular weight is 306 g/mol. The lowest BCUT2D eigenvalue weighted by Crippen LogP contribution is -2.43. The summed E-state index contributed by atoms with van der Waals surface area (Å²) in [6.07, 6.45) is 3.74. The van der Waals surface area contributed by atoms with Crippen LogP contribution < -0.4 is 10.1 Å². The Labute approximate surface area is 132 Å². The molecule has 2 amide bonds. The van der Waals surface area contributed by atoms with Gasteiger partial charge in [-0.15, -0.1) is 0 Å². The van der Waals surface area contributed by atoms with Crippen LogP contribution in [0, 0.1) is 0 Å². The molecule has 1 aromatic carbocycles. The first-order valence-electron chi connectivity index (χ1n) is 8.14. The number of hydrogen-bond acceptors (Lipinski definition) is 3. The van der Waals surface area contributed by atoms with Crippen LogP contribution in [-0.2, 0) is 0 Å². The smallest absolute Gasteiger partial charge is 0.317 e. The molecule has 1 aliphatic heterocycles. The molecule has 0 radical (unpaired) electrons. The third-order valence-corrected chi connectivity index (χ3v) is 3.93. The monoisotopic (exact) mass is 306 g/mol. The zero-order valence-corrected chi connectivity index (χ0v) is 13.3. The second-order valence-electron chi connectivity index (χ2n) is 5.59. The second-order valence-corrected chi connectivity index (χ2v) is 5.59. The fourth-order valence-electron chi connectivity index (χ4n) is 2.70. The molecule has 1 heterocycles. The van der Waals surface area contributed by atoms with E-state index in [1.165, 1.54) is 0 Å². The van der Waals surface area contributed by atoms with Gasteiger partial charge in [-0.3, -0.25) is 0 Å². The number of fused-ring (bicyclic) bond motifs is 1. The summed E-state index contributed by atoms with van der Waals surface area (Å²) in [5, 5.41) is 12.3. The molecule has 0 saturated heterocycles. The molecule has 1 atom stereocenters. The van der Waals surface area contributed by atoms with E-state index in [0.717, 1.165) is 37.0 Å². The average Bonchev–Trinajstić information content (AvgIpc) is 2.74. The van der Waals surface area contributed by atoms with Crippen molar-refractivity contribution in [2.75, 3.05) is 26.3 Å². The highest BCUT2D eigenvalue weighted by Gasteiger charge is 2.23. The lowest BCUT2D eigenvalue weighted by Gasteiger charge is -2.26. The second kappa shape index (κ2) is 8.63. The number of ether oxygens (including phenoxy) is 1. The first-order chi connectivity index (χ1) is 10.8. The molecular formula is C17H26N2O3. The lowest BCUT2D eigenvalue weighted by molar-refractivity contribution is 0.172. The number of rotatable bonds is 6. The maximum atomic E-state index is 12.5. The number of carbonyl (C=O) groups excluding carboxylic acids is 1. The Bertz CT molecular complexity index is 479. The van der Waals surface area contributed by atoms with Crippen molar-refractivity contribution in [3.63, 3.8) is 0 Å². The molecule has 0 spiro atoms. The Kier molecular flexibility index (Phi) is 6.52. The van der Waals surface area contributed by atoms with Crippen molar-refractivity contribution in [2.24, 2.45) is 0 Å². The molecule has 5 heteroatoms. The van der Waals surface area contributed by atoms with Gasteiger partial charge in [0.05, 0.1) is 19.3 Å². The molecular weight excluding hydrogens is 280 g/mol. The number of amides is 2. The summed E-state index contributed by atoms with van der Waals surface area (Å²) < 4.78 is 5.73. The van der Waals surface area contributed by atoms with E-state index in [4.69, 9.17) is 9.84 Å². The summed E-state index contributed by atoms with van der Waals surface area (Å²) in [6.45, 7) is 3.81. The van der Waals surface area contributed by atoms with Crippen LogP contribution in [-0.4, -0.2) is 42.3 Å². The predicted molar refractivity (Wildman–Crippen MR) is 86.0 cm³/mol. The van der Waals surface area contributed by atoms with Gasteiger partial charge in [-0.05, 0) is 25.3 Å². The molecule has 0 saturated carbocycles. The molecule has 2 N–H and O–H groups in total. The number of para-hydroxylation sites is 1. The van der Waals surface area contributed by atoms with Crippen LogP contribution in [0.25, 0.3) is 0 Å². The molecule has 122 valence electrons. The van der Waals surface area contributed by atoms with Gasteiger partial charge in [0.25, 0.3) is 0 Å². The van der Waals surface area contributed by atoms with Gasteiger partial charge in [-0.1, -0.05) is 31.5 Å². The van der Waals surface area contributed by atoms with Gasteiger partial charge in [0.1, 0.15) is 5.75 Å². The number of carbonyl (C=O) groups is 1. The number of urea groups is 1. The van der Waals surface area contributed by atoms with Gasteiger partial charge >= 0.3 is 6.03 Å². The van der Waals surface area contributed by atoms with Crippen LogP contribution in [0.3, 0.4) is 0 Å². The summed E-state index contributed by atoms with van der Waals surface area (Å²) >= 11 is 0. The van der Waals surface area contributed by atoms with Crippen molar-refractivity contribution in [3.8, 4) is 5.75 Å². The maximum absolute atomic E-state index is 12.5. The summed E-state index contributed by atoms with van der Waals surface area (Å²) in [7, 11) is 0. The first-order valence-corrected chi connectivity index (χ1v) is 8.14. The van der Waals surface area contributed by atoms with Crippen molar-refractivity contribution >= 4 is 6.03 Å². The highest BCUT2D eigenvalue weighted by atomic mass is 16.5. The maximum Gasteiger partial charge on any atom is 0.317 e. The van der Waals surface area contributed by atoms with Gasteiger partial charge in [-0.2, -0.15) is 0 Å². The van der Waals surface area contributed by atoms with Gasteiger partial charge in [-0.25, -0.2) is 4.79 Å². The summed E-state index contributed by atoms with van der Waals surface area (Å²) in [5.74, 6) is 0.854. The van der Waals surface area contributed by atoms with Gasteiger partial charge in [0.15, 0.2) is 0 Å². The molecule has 0 aromatic heterocycles. The Morgan fingerprint density at radius 1 is 1.41 bits per heavy atom. The molecule has 5 nitrogen and oxygen atoms in total. The molecule has 0 bridgehead atoms. The molecule has 0 fully saturated rings. The number of aliphatic hydroxyl groups is 1. The Morgan fingerprint density at radius 3 is 3.00 bits per heavy atom. The summed E-state index contributed by atoms with van der Waals surface area (Å²) in [5.41, 5.74) is 1.03. The molecule has 0 aliphatic carbocycles. The third-order valence-electron chi connectivity index (χ3n) is 3.93. The third kappa shape index (κ3) is 4.37. The molecule has 22 heavy (non-hydrogen) atoms. The van der Waals surface area contributed by atoms with Crippen molar-refractivity contribution in [1.29, 1.82) is 0 Å². The van der Waals surface area contributed by atoms with Crippen molar-refractivity contribution in [1.82, 2.24) is 10.2 Å². The number of nitrogens with zero attached hydrogens (tertiary/aromatic N) is 1. The Morgan fingerprint density at radius 2 is 2.23 bits per heavy atom. The van der Waals surface area contributed by atoms with Crippen molar-refractivity contribution in [2.45, 2.75) is 38.6 Å². The van der Waals surface area contributed by atoms with Crippen LogP contribution in [0.1, 0.15) is 44.2 Å².